The first kappa shape index (κ1) is 91.3. The van der Waals surface area contributed by atoms with Crippen LogP contribution in [-0.4, -0.2) is 89.1 Å². The number of phenols is 4. The molecule has 0 aliphatic carbocycles. The molecule has 0 aliphatic rings. The highest BCUT2D eigenvalue weighted by Crippen LogP contribution is 2.37. The molecule has 20 nitrogen and oxygen atoms in total. The summed E-state index contributed by atoms with van der Waals surface area (Å²) in [7, 11) is 0. The minimum absolute atomic E-state index is 0.0396. The zero-order chi connectivity index (χ0) is 89.6. The normalized spacial score (nSPS) is 10.5. The zero-order valence-corrected chi connectivity index (χ0v) is 68.8. The number of carbonyl (C=O) groups excluding carboxylic acids is 6. The lowest BCUT2D eigenvalue weighted by atomic mass is 9.91. The molecule has 1 atom stereocenters. The topological polar surface area (TPSA) is 290 Å². The van der Waals surface area contributed by atoms with Gasteiger partial charge >= 0.3 is 29.8 Å². The molecule has 0 saturated carbocycles. The Morgan fingerprint density at radius 3 is 0.778 bits per heavy atom. The second kappa shape index (κ2) is 46.5. The average Bonchev–Trinajstić information content (AvgIpc) is 0.754. The van der Waals surface area contributed by atoms with Gasteiger partial charge < -0.3 is 44.1 Å². The molecular formula is C106H85N5O15. The van der Waals surface area contributed by atoms with Crippen molar-refractivity contribution >= 4 is 63.5 Å². The molecule has 0 aliphatic heterocycles. The highest BCUT2D eigenvalue weighted by atomic mass is 16.6. The fraction of sp³-hybridized carbons (Fsp3) is 0.123. The van der Waals surface area contributed by atoms with E-state index >= 15 is 0 Å². The molecule has 12 rings (SSSR count). The molecule has 0 bridgehead atoms. The fourth-order valence-corrected chi connectivity index (χ4v) is 13.4. The van der Waals surface area contributed by atoms with Crippen molar-refractivity contribution in [3.63, 3.8) is 0 Å². The third kappa shape index (κ3) is 24.4. The van der Waals surface area contributed by atoms with Crippen LogP contribution < -0.4 is 0 Å². The maximum absolute atomic E-state index is 14.7. The van der Waals surface area contributed by atoms with Gasteiger partial charge in [-0.3, -0.25) is 19.2 Å². The smallest absolute Gasteiger partial charge is 0.349 e. The van der Waals surface area contributed by atoms with Crippen LogP contribution in [0.3, 0.4) is 0 Å². The first-order valence-electron chi connectivity index (χ1n) is 40.0. The maximum Gasteiger partial charge on any atom is 0.349 e. The zero-order valence-electron chi connectivity index (χ0n) is 68.8. The van der Waals surface area contributed by atoms with Crippen LogP contribution in [0.4, 0.5) is 0 Å². The number of nitriles is 2. The number of ether oxygens (including phenoxy) is 5. The lowest BCUT2D eigenvalue weighted by Crippen LogP contribution is -2.44. The summed E-state index contributed by atoms with van der Waals surface area (Å²) in [6.07, 6.45) is 4.26. The molecular weight excluding hydrogens is 1580 g/mol. The van der Waals surface area contributed by atoms with E-state index in [1.807, 2.05) is 72.8 Å². The van der Waals surface area contributed by atoms with Crippen molar-refractivity contribution in [2.45, 2.75) is 39.5 Å². The Morgan fingerprint density at radius 2 is 0.563 bits per heavy atom. The van der Waals surface area contributed by atoms with E-state index in [4.69, 9.17) is 53.6 Å². The number of benzene rings is 12. The summed E-state index contributed by atoms with van der Waals surface area (Å²) in [5.41, 5.74) is 3.30. The molecule has 126 heavy (non-hydrogen) atoms. The van der Waals surface area contributed by atoms with Crippen LogP contribution in [0.25, 0.3) is 42.4 Å². The Bertz CT molecular complexity index is 5420. The number of nitrogens with zero attached hydrogens (tertiary/aromatic N) is 5. The summed E-state index contributed by atoms with van der Waals surface area (Å²) in [5, 5.41) is 59.0. The van der Waals surface area contributed by atoms with Crippen LogP contribution in [0.5, 0.6) is 23.0 Å². The molecule has 0 heterocycles. The number of ketones is 1. The summed E-state index contributed by atoms with van der Waals surface area (Å²) in [6.45, 7) is 25.5. The first-order valence-corrected chi connectivity index (χ1v) is 40.0. The molecule has 624 valence electrons. The Labute approximate surface area is 730 Å². The molecule has 0 spiro atoms. The predicted octanol–water partition coefficient (Wildman–Crippen LogP) is 20.8. The molecule has 0 amide bonds. The van der Waals surface area contributed by atoms with Crippen LogP contribution in [-0.2, 0) is 47.7 Å². The van der Waals surface area contributed by atoms with Crippen LogP contribution in [0.15, 0.2) is 368 Å². The Hall–Kier alpha value is -17.0. The van der Waals surface area contributed by atoms with Gasteiger partial charge in [0.15, 0.2) is 5.78 Å². The van der Waals surface area contributed by atoms with Gasteiger partial charge in [-0.1, -0.05) is 336 Å². The van der Waals surface area contributed by atoms with Gasteiger partial charge in [-0.2, -0.15) is 10.5 Å². The van der Waals surface area contributed by atoms with Gasteiger partial charge in [0.2, 0.25) is 0 Å². The van der Waals surface area contributed by atoms with Crippen molar-refractivity contribution in [1.29, 1.82) is 10.5 Å². The molecule has 4 N–H and O–H groups in total. The lowest BCUT2D eigenvalue weighted by molar-refractivity contribution is -0.165. The summed E-state index contributed by atoms with van der Waals surface area (Å²) >= 11 is 0. The largest absolute Gasteiger partial charge is 0.508 e. The number of esters is 5. The fourth-order valence-electron chi connectivity index (χ4n) is 13.4. The monoisotopic (exact) mass is 1670 g/mol. The van der Waals surface area contributed by atoms with Crippen molar-refractivity contribution in [2.24, 2.45) is 11.3 Å². The van der Waals surface area contributed by atoms with E-state index < -0.39 is 90.0 Å². The Balaban J connectivity index is 0.000000296. The highest BCUT2D eigenvalue weighted by Gasteiger charge is 2.41. The number of unbranched alkanes of at least 4 members (excludes halogenated alkanes) is 1. The van der Waals surface area contributed by atoms with Crippen molar-refractivity contribution < 1.29 is 72.9 Å². The molecule has 0 radical (unpaired) electrons. The molecule has 12 aromatic carbocycles. The third-order valence-corrected chi connectivity index (χ3v) is 19.9. The number of hydrogen-bond donors (Lipinski definition) is 4. The summed E-state index contributed by atoms with van der Waals surface area (Å²) in [5.74, 6) is -6.52. The van der Waals surface area contributed by atoms with E-state index in [0.29, 0.717) is 62.6 Å². The molecule has 0 saturated heterocycles. The van der Waals surface area contributed by atoms with Crippen LogP contribution in [0.2, 0.25) is 0 Å². The number of aromatic hydroxyl groups is 4. The van der Waals surface area contributed by atoms with Crippen LogP contribution >= 0.6 is 0 Å². The number of rotatable bonds is 31. The van der Waals surface area contributed by atoms with E-state index in [9.17, 15) is 49.5 Å². The second-order valence-electron chi connectivity index (χ2n) is 28.4. The Morgan fingerprint density at radius 1 is 0.333 bits per heavy atom. The lowest BCUT2D eigenvalue weighted by Gasteiger charge is -2.32. The predicted molar refractivity (Wildman–Crippen MR) is 479 cm³/mol. The minimum atomic E-state index is -2.11. The number of phenolic OH excluding ortho intramolecular Hbond substituents is 4. The SMILES string of the molecule is O=C(c1ccc(O)cc1O)c1ccc(O)cc1O.[C-]#[N+]C(C(=O)OCC(CC)CCCC)=C(c1ccccc1)c1ccccc1.[C-]#[N+]C(C(=O)OCC(COC(=O)C(C#N)=C(c1ccccc1)c1ccccc1)(COC(=O)C(C#N)=C(c1ccccc1)c1ccccc1)COC(=O)C([N+]#[C-])=C(c1ccccc1)c1ccccc1)=C(c1ccccc1)c1ccccc1. The van der Waals surface area contributed by atoms with E-state index in [0.717, 1.165) is 48.9 Å². The molecule has 0 aromatic heterocycles. The standard InChI is InChI=1S/C69H48N4O8.C24H27NO2.C13H10O5/c1-72-63(61(53-35-19-7-20-36-53)54-37-21-8-22-38-54)67(76)80-47-69(45-78-65(74)57(43-70)59(49-27-11-3-12-28-49)50-29-13-4-14-30-50,46-79-66(75)58(44-71)60(51-31-15-5-16-32-51)52-33-17-6-18-34-52)48-81-68(77)64(73-2)62(55-39-23-9-24-40-55)56-41-25-10-26-42-56;1-4-6-13-19(5-2)18-27-24(26)23(25-3)22(20-14-9-7-10-15-20)21-16-11-8-12-17-21;14-7-1-3-9(11(16)5-7)13(18)10-4-2-8(15)6-12(10)17/h3-42H,45-48H2;7-12,14-17,19H,4-6,13,18H2,1-2H3;1-6,14-17H. The van der Waals surface area contributed by atoms with Gasteiger partial charge in [0.1, 0.15) is 78.1 Å². The minimum Gasteiger partial charge on any atom is -0.508 e. The Kier molecular flexibility index (Phi) is 33.7. The van der Waals surface area contributed by atoms with Gasteiger partial charge in [-0.05, 0) is 92.2 Å². The van der Waals surface area contributed by atoms with Gasteiger partial charge in [-0.25, -0.2) is 24.1 Å². The summed E-state index contributed by atoms with van der Waals surface area (Å²) in [4.78, 5) is 94.6. The second-order valence-corrected chi connectivity index (χ2v) is 28.4. The first-order chi connectivity index (χ1) is 61.4. The van der Waals surface area contributed by atoms with Gasteiger partial charge in [0, 0.05) is 40.0 Å². The highest BCUT2D eigenvalue weighted by molar-refractivity contribution is 6.13. The molecule has 20 heteroatoms. The van der Waals surface area contributed by atoms with E-state index in [1.54, 1.807) is 243 Å². The molecule has 1 unspecified atom stereocenters. The van der Waals surface area contributed by atoms with E-state index in [-0.39, 0.29) is 62.1 Å². The van der Waals surface area contributed by atoms with Crippen molar-refractivity contribution in [3.8, 4) is 35.1 Å². The molecule has 0 fully saturated rings. The maximum atomic E-state index is 14.7. The average molecular weight is 1670 g/mol. The van der Waals surface area contributed by atoms with Gasteiger partial charge in [0.05, 0.1) is 37.5 Å². The van der Waals surface area contributed by atoms with Gasteiger partial charge in [-0.15, -0.1) is 0 Å². The quantitative estimate of drug-likeness (QED) is 0.00784. The summed E-state index contributed by atoms with van der Waals surface area (Å²) in [6, 6.07) is 99.9. The molecule has 12 aromatic rings. The van der Waals surface area contributed by atoms with Crippen LogP contribution in [0, 0.1) is 53.7 Å². The van der Waals surface area contributed by atoms with Crippen molar-refractivity contribution in [2.75, 3.05) is 33.0 Å². The van der Waals surface area contributed by atoms with E-state index in [2.05, 4.69) is 28.4 Å². The van der Waals surface area contributed by atoms with Crippen LogP contribution in [0.1, 0.15) is 111 Å². The third-order valence-electron chi connectivity index (χ3n) is 19.9. The van der Waals surface area contributed by atoms with Gasteiger partial charge in [0.25, 0.3) is 17.1 Å². The van der Waals surface area contributed by atoms with Crippen molar-refractivity contribution in [1.82, 2.24) is 0 Å². The number of hydrogen-bond acceptors (Lipinski definition) is 17. The van der Waals surface area contributed by atoms with E-state index in [1.165, 1.54) is 24.3 Å². The summed E-state index contributed by atoms with van der Waals surface area (Å²) < 4.78 is 29.9. The van der Waals surface area contributed by atoms with Crippen molar-refractivity contribution in [3.05, 3.63) is 469 Å². The number of carbonyl (C=O) groups is 6.